The van der Waals surface area contributed by atoms with Crippen LogP contribution in [0.25, 0.3) is 0 Å². The fourth-order valence-corrected chi connectivity index (χ4v) is 3.22. The molecule has 1 amide bonds. The topological polar surface area (TPSA) is 93.1 Å². The van der Waals surface area contributed by atoms with Crippen LogP contribution >= 0.6 is 0 Å². The van der Waals surface area contributed by atoms with Gasteiger partial charge in [-0.1, -0.05) is 0 Å². The van der Waals surface area contributed by atoms with Crippen LogP contribution in [0.1, 0.15) is 36.5 Å². The third-order valence-electron chi connectivity index (χ3n) is 4.54. The molecule has 1 aromatic carbocycles. The molecule has 1 saturated heterocycles. The first-order valence-corrected chi connectivity index (χ1v) is 7.85. The lowest BCUT2D eigenvalue weighted by molar-refractivity contribution is -0.139. The number of carbonyl (C=O) groups excluding carboxylic acids is 2. The highest BCUT2D eigenvalue weighted by molar-refractivity contribution is 6.00. The van der Waals surface area contributed by atoms with E-state index in [1.165, 1.54) is 6.92 Å². The van der Waals surface area contributed by atoms with E-state index in [0.29, 0.717) is 49.4 Å². The number of carboxylic acid groups (broad SMARTS) is 1. The summed E-state index contributed by atoms with van der Waals surface area (Å²) in [5.74, 6) is -0.278. The molecule has 7 nitrogen and oxygen atoms in total. The molecule has 7 heteroatoms. The number of rotatable bonds is 3. The van der Waals surface area contributed by atoms with Gasteiger partial charge < -0.3 is 19.5 Å². The summed E-state index contributed by atoms with van der Waals surface area (Å²) in [7, 11) is 0. The van der Waals surface area contributed by atoms with Crippen LogP contribution in [0.5, 0.6) is 11.5 Å². The van der Waals surface area contributed by atoms with Crippen molar-refractivity contribution in [3.05, 3.63) is 23.8 Å². The molecule has 1 aromatic rings. The van der Waals surface area contributed by atoms with Crippen molar-refractivity contribution in [3.8, 4) is 11.5 Å². The Morgan fingerprint density at radius 1 is 1.33 bits per heavy atom. The van der Waals surface area contributed by atoms with Crippen LogP contribution in [-0.4, -0.2) is 53.0 Å². The van der Waals surface area contributed by atoms with Crippen molar-refractivity contribution in [1.29, 1.82) is 0 Å². The predicted octanol–water partition coefficient (Wildman–Crippen LogP) is 1.50. The highest BCUT2D eigenvalue weighted by atomic mass is 16.5. The zero-order valence-corrected chi connectivity index (χ0v) is 13.4. The van der Waals surface area contributed by atoms with E-state index in [1.54, 1.807) is 23.1 Å². The normalized spacial score (nSPS) is 18.7. The van der Waals surface area contributed by atoms with E-state index >= 15 is 0 Å². The van der Waals surface area contributed by atoms with Gasteiger partial charge in [0, 0.05) is 38.9 Å². The van der Waals surface area contributed by atoms with E-state index in [1.807, 2.05) is 0 Å². The van der Waals surface area contributed by atoms with Crippen LogP contribution in [-0.2, 0) is 9.59 Å². The monoisotopic (exact) mass is 333 g/mol. The number of nitrogens with zero attached hydrogens (tertiary/aromatic N) is 1. The van der Waals surface area contributed by atoms with Gasteiger partial charge in [-0.25, -0.2) is 4.79 Å². The van der Waals surface area contributed by atoms with E-state index in [0.717, 1.165) is 0 Å². The zero-order chi connectivity index (χ0) is 17.3. The van der Waals surface area contributed by atoms with Gasteiger partial charge >= 0.3 is 5.97 Å². The number of amides is 1. The number of hydrogen-bond acceptors (Lipinski definition) is 5. The first-order valence-electron chi connectivity index (χ1n) is 7.85. The number of carboxylic acids is 1. The number of likely N-dealkylation sites (tertiary alicyclic amines) is 1. The Labute approximate surface area is 139 Å². The summed E-state index contributed by atoms with van der Waals surface area (Å²) in [4.78, 5) is 36.3. The zero-order valence-electron chi connectivity index (χ0n) is 13.4. The summed E-state index contributed by atoms with van der Waals surface area (Å²) in [5.41, 5.74) is -0.112. The summed E-state index contributed by atoms with van der Waals surface area (Å²) >= 11 is 0. The summed E-state index contributed by atoms with van der Waals surface area (Å²) < 4.78 is 11.3. The molecular weight excluding hydrogens is 314 g/mol. The highest BCUT2D eigenvalue weighted by Crippen LogP contribution is 2.40. The lowest BCUT2D eigenvalue weighted by atomic mass is 9.82. The molecule has 3 rings (SSSR count). The number of hydrogen-bond donors (Lipinski definition) is 1. The highest BCUT2D eigenvalue weighted by Gasteiger charge is 2.43. The van der Waals surface area contributed by atoms with Gasteiger partial charge in [0.25, 0.3) is 0 Å². The summed E-state index contributed by atoms with van der Waals surface area (Å²) in [5, 5.41) is 8.68. The van der Waals surface area contributed by atoms with Crippen molar-refractivity contribution >= 4 is 17.7 Å². The second-order valence-corrected chi connectivity index (χ2v) is 6.23. The van der Waals surface area contributed by atoms with E-state index in [2.05, 4.69) is 0 Å². The SMILES string of the molecule is CC(=O)N1CCC2(CC1)CC(=O)c1ccc(OCC(=O)O)cc1O2. The minimum atomic E-state index is -1.07. The Morgan fingerprint density at radius 3 is 2.67 bits per heavy atom. The minimum absolute atomic E-state index is 0.00249. The van der Waals surface area contributed by atoms with Gasteiger partial charge in [-0.3, -0.25) is 9.59 Å². The van der Waals surface area contributed by atoms with Crippen molar-refractivity contribution in [1.82, 2.24) is 4.90 Å². The second kappa shape index (κ2) is 6.14. The molecule has 0 saturated carbocycles. The molecule has 1 N–H and O–H groups in total. The smallest absolute Gasteiger partial charge is 0.341 e. The third-order valence-corrected chi connectivity index (χ3v) is 4.54. The number of aliphatic carboxylic acids is 1. The second-order valence-electron chi connectivity index (χ2n) is 6.23. The molecule has 2 aliphatic rings. The van der Waals surface area contributed by atoms with Crippen molar-refractivity contribution in [2.75, 3.05) is 19.7 Å². The maximum Gasteiger partial charge on any atom is 0.341 e. The van der Waals surface area contributed by atoms with Crippen LogP contribution < -0.4 is 9.47 Å². The van der Waals surface area contributed by atoms with E-state index in [4.69, 9.17) is 14.6 Å². The van der Waals surface area contributed by atoms with Crippen LogP contribution in [0, 0.1) is 0 Å². The molecule has 2 aliphatic heterocycles. The Kier molecular flexibility index (Phi) is 4.17. The van der Waals surface area contributed by atoms with Gasteiger partial charge in [0.2, 0.25) is 5.91 Å². The molecule has 2 heterocycles. The predicted molar refractivity (Wildman–Crippen MR) is 83.4 cm³/mol. The molecular formula is C17H19NO6. The molecule has 0 bridgehead atoms. The van der Waals surface area contributed by atoms with Gasteiger partial charge in [-0.05, 0) is 12.1 Å². The lowest BCUT2D eigenvalue weighted by Gasteiger charge is -2.43. The van der Waals surface area contributed by atoms with E-state index < -0.39 is 18.2 Å². The molecule has 128 valence electrons. The van der Waals surface area contributed by atoms with Gasteiger partial charge in [-0.15, -0.1) is 0 Å². The molecule has 0 atom stereocenters. The molecule has 0 unspecified atom stereocenters. The maximum atomic E-state index is 12.5. The summed E-state index contributed by atoms with van der Waals surface area (Å²) in [6.45, 7) is 2.21. The maximum absolute atomic E-state index is 12.5. The van der Waals surface area contributed by atoms with Crippen molar-refractivity contribution in [3.63, 3.8) is 0 Å². The average Bonchev–Trinajstić information content (AvgIpc) is 2.53. The lowest BCUT2D eigenvalue weighted by Crippen LogP contribution is -2.51. The number of piperidine rings is 1. The van der Waals surface area contributed by atoms with Gasteiger partial charge in [0.05, 0.1) is 12.0 Å². The molecule has 1 fully saturated rings. The average molecular weight is 333 g/mol. The number of benzene rings is 1. The minimum Gasteiger partial charge on any atom is -0.486 e. The molecule has 1 spiro atoms. The third kappa shape index (κ3) is 3.20. The standard InChI is InChI=1S/C17H19NO6/c1-11(19)18-6-4-17(5-7-18)9-14(20)13-3-2-12(8-15(13)24-17)23-10-16(21)22/h2-3,8H,4-7,9-10H2,1H3,(H,21,22). The Bertz CT molecular complexity index is 690. The number of ether oxygens (including phenoxy) is 2. The number of carbonyl (C=O) groups is 3. The van der Waals surface area contributed by atoms with Crippen LogP contribution in [0.3, 0.4) is 0 Å². The largest absolute Gasteiger partial charge is 0.486 e. The fraction of sp³-hybridized carbons (Fsp3) is 0.471. The van der Waals surface area contributed by atoms with Crippen LogP contribution in [0.4, 0.5) is 0 Å². The van der Waals surface area contributed by atoms with E-state index in [9.17, 15) is 14.4 Å². The van der Waals surface area contributed by atoms with Crippen molar-refractivity contribution in [2.45, 2.75) is 31.8 Å². The molecule has 24 heavy (non-hydrogen) atoms. The molecule has 0 aliphatic carbocycles. The van der Waals surface area contributed by atoms with Crippen molar-refractivity contribution < 1.29 is 29.0 Å². The van der Waals surface area contributed by atoms with E-state index in [-0.39, 0.29) is 11.7 Å². The summed E-state index contributed by atoms with van der Waals surface area (Å²) in [6, 6.07) is 4.74. The van der Waals surface area contributed by atoms with Crippen molar-refractivity contribution in [2.24, 2.45) is 0 Å². The Hall–Kier alpha value is -2.57. The van der Waals surface area contributed by atoms with Crippen LogP contribution in [0.2, 0.25) is 0 Å². The van der Waals surface area contributed by atoms with Crippen LogP contribution in [0.15, 0.2) is 18.2 Å². The van der Waals surface area contributed by atoms with Gasteiger partial charge in [0.1, 0.15) is 17.1 Å². The quantitative estimate of drug-likeness (QED) is 0.901. The molecule has 0 aromatic heterocycles. The first kappa shape index (κ1) is 16.3. The summed E-state index contributed by atoms with van der Waals surface area (Å²) in [6.07, 6.45) is 1.48. The Morgan fingerprint density at radius 2 is 2.04 bits per heavy atom. The number of ketones is 1. The first-order chi connectivity index (χ1) is 11.4. The fourth-order valence-electron chi connectivity index (χ4n) is 3.22. The number of fused-ring (bicyclic) bond motifs is 1. The van der Waals surface area contributed by atoms with Gasteiger partial charge in [-0.2, -0.15) is 0 Å². The molecule has 0 radical (unpaired) electrons. The number of Topliss-reactive ketones (excluding diaryl/α,β-unsaturated/α-hetero) is 1. The van der Waals surface area contributed by atoms with Gasteiger partial charge in [0.15, 0.2) is 12.4 Å². The Balaban J connectivity index is 1.78.